The Bertz CT molecular complexity index is 251. The van der Waals surface area contributed by atoms with Crippen LogP contribution in [0.2, 0.25) is 0 Å². The number of allylic oxidation sites excluding steroid dienone is 1. The normalized spacial score (nSPS) is 13.6. The second-order valence-electron chi connectivity index (χ2n) is 3.50. The molecular weight excluding hydrogens is 190 g/mol. The van der Waals surface area contributed by atoms with Gasteiger partial charge in [0.15, 0.2) is 0 Å². The fourth-order valence-corrected chi connectivity index (χ4v) is 2.22. The summed E-state index contributed by atoms with van der Waals surface area (Å²) in [5.41, 5.74) is 0. The Balaban J connectivity index is 2.13. The van der Waals surface area contributed by atoms with E-state index < -0.39 is 0 Å². The van der Waals surface area contributed by atoms with Crippen LogP contribution in [-0.2, 0) is 6.42 Å². The third kappa shape index (κ3) is 4.58. The van der Waals surface area contributed by atoms with E-state index in [1.165, 1.54) is 4.88 Å². The van der Waals surface area contributed by atoms with Gasteiger partial charge in [0.05, 0.1) is 0 Å². The molecule has 2 heteroatoms. The molecule has 0 saturated heterocycles. The molecule has 0 aliphatic carbocycles. The molecule has 1 nitrogen and oxygen atoms in total. The molecule has 0 aliphatic heterocycles. The summed E-state index contributed by atoms with van der Waals surface area (Å²) in [4.78, 5) is 1.47. The molecule has 0 amide bonds. The van der Waals surface area contributed by atoms with Crippen LogP contribution < -0.4 is 5.32 Å². The third-order valence-electron chi connectivity index (χ3n) is 2.13. The van der Waals surface area contributed by atoms with Crippen LogP contribution in [-0.4, -0.2) is 12.6 Å². The zero-order valence-electron chi connectivity index (χ0n) is 8.99. The van der Waals surface area contributed by atoms with Crippen LogP contribution in [0.15, 0.2) is 29.7 Å². The molecule has 0 aliphatic rings. The van der Waals surface area contributed by atoms with Gasteiger partial charge in [-0.1, -0.05) is 18.2 Å². The van der Waals surface area contributed by atoms with Crippen LogP contribution in [0.25, 0.3) is 0 Å². The first kappa shape index (κ1) is 11.5. The zero-order chi connectivity index (χ0) is 10.2. The molecule has 0 saturated carbocycles. The van der Waals surface area contributed by atoms with Gasteiger partial charge in [0, 0.05) is 10.9 Å². The molecule has 1 unspecified atom stereocenters. The van der Waals surface area contributed by atoms with Crippen LogP contribution in [0.4, 0.5) is 0 Å². The number of hydrogen-bond donors (Lipinski definition) is 1. The van der Waals surface area contributed by atoms with Crippen LogP contribution in [0.1, 0.15) is 25.1 Å². The van der Waals surface area contributed by atoms with E-state index >= 15 is 0 Å². The van der Waals surface area contributed by atoms with Gasteiger partial charge in [-0.05, 0) is 44.7 Å². The van der Waals surface area contributed by atoms with Crippen molar-refractivity contribution in [3.8, 4) is 0 Å². The number of thiophene rings is 1. The summed E-state index contributed by atoms with van der Waals surface area (Å²) in [7, 11) is 0. The lowest BCUT2D eigenvalue weighted by Crippen LogP contribution is -2.28. The number of nitrogens with one attached hydrogen (secondary N) is 1. The molecule has 1 aromatic heterocycles. The van der Waals surface area contributed by atoms with Crippen molar-refractivity contribution in [2.24, 2.45) is 0 Å². The van der Waals surface area contributed by atoms with E-state index in [0.717, 1.165) is 19.4 Å². The Kier molecular flexibility index (Phi) is 5.57. The van der Waals surface area contributed by atoms with Crippen molar-refractivity contribution in [1.29, 1.82) is 0 Å². The van der Waals surface area contributed by atoms with E-state index in [9.17, 15) is 0 Å². The molecule has 1 N–H and O–H groups in total. The Morgan fingerprint density at radius 2 is 2.43 bits per heavy atom. The predicted octanol–water partition coefficient (Wildman–Crippen LogP) is 3.23. The number of hydrogen-bond acceptors (Lipinski definition) is 2. The van der Waals surface area contributed by atoms with E-state index in [1.54, 1.807) is 0 Å². The second kappa shape index (κ2) is 6.80. The molecule has 0 bridgehead atoms. The van der Waals surface area contributed by atoms with E-state index in [4.69, 9.17) is 0 Å². The van der Waals surface area contributed by atoms with Gasteiger partial charge >= 0.3 is 0 Å². The first-order chi connectivity index (χ1) is 6.83. The Morgan fingerprint density at radius 3 is 3.07 bits per heavy atom. The van der Waals surface area contributed by atoms with Gasteiger partial charge in [-0.3, -0.25) is 0 Å². The van der Waals surface area contributed by atoms with Crippen molar-refractivity contribution in [2.45, 2.75) is 32.7 Å². The van der Waals surface area contributed by atoms with E-state index in [2.05, 4.69) is 48.8 Å². The number of rotatable bonds is 6. The lowest BCUT2D eigenvalue weighted by atomic mass is 10.2. The standard InChI is InChI=1S/C12H19NS/c1-3-4-5-8-13-11(2)10-12-7-6-9-14-12/h3-4,6-7,9,11,13H,5,8,10H2,1-2H3/b4-3+. The highest BCUT2D eigenvalue weighted by atomic mass is 32.1. The van der Waals surface area contributed by atoms with Crippen molar-refractivity contribution in [1.82, 2.24) is 5.32 Å². The lowest BCUT2D eigenvalue weighted by Gasteiger charge is -2.11. The Labute approximate surface area is 90.9 Å². The van der Waals surface area contributed by atoms with Gasteiger partial charge in [0.1, 0.15) is 0 Å². The molecule has 0 spiro atoms. The summed E-state index contributed by atoms with van der Waals surface area (Å²) in [6.07, 6.45) is 6.58. The molecule has 1 atom stereocenters. The molecule has 1 heterocycles. The highest BCUT2D eigenvalue weighted by Crippen LogP contribution is 2.10. The summed E-state index contributed by atoms with van der Waals surface area (Å²) in [5.74, 6) is 0. The lowest BCUT2D eigenvalue weighted by molar-refractivity contribution is 0.555. The quantitative estimate of drug-likeness (QED) is 0.560. The molecule has 14 heavy (non-hydrogen) atoms. The van der Waals surface area contributed by atoms with Crippen molar-refractivity contribution in [3.05, 3.63) is 34.5 Å². The molecule has 1 rings (SSSR count). The first-order valence-electron chi connectivity index (χ1n) is 5.20. The topological polar surface area (TPSA) is 12.0 Å². The molecule has 1 aromatic rings. The van der Waals surface area contributed by atoms with Gasteiger partial charge in [-0.15, -0.1) is 11.3 Å². The van der Waals surface area contributed by atoms with E-state index in [1.807, 2.05) is 11.3 Å². The summed E-state index contributed by atoms with van der Waals surface area (Å²) < 4.78 is 0. The van der Waals surface area contributed by atoms with Crippen molar-refractivity contribution < 1.29 is 0 Å². The van der Waals surface area contributed by atoms with Crippen LogP contribution >= 0.6 is 11.3 Å². The fourth-order valence-electron chi connectivity index (χ4n) is 1.38. The molecular formula is C12H19NS. The smallest absolute Gasteiger partial charge is 0.00871 e. The van der Waals surface area contributed by atoms with Crippen LogP contribution in [0.3, 0.4) is 0 Å². The third-order valence-corrected chi connectivity index (χ3v) is 3.03. The summed E-state index contributed by atoms with van der Waals surface area (Å²) in [6, 6.07) is 4.90. The summed E-state index contributed by atoms with van der Waals surface area (Å²) in [6.45, 7) is 5.39. The Morgan fingerprint density at radius 1 is 1.57 bits per heavy atom. The zero-order valence-corrected chi connectivity index (χ0v) is 9.81. The van der Waals surface area contributed by atoms with Gasteiger partial charge in [-0.25, -0.2) is 0 Å². The van der Waals surface area contributed by atoms with Crippen molar-refractivity contribution in [2.75, 3.05) is 6.54 Å². The van der Waals surface area contributed by atoms with Gasteiger partial charge in [0.25, 0.3) is 0 Å². The SMILES string of the molecule is C/C=C/CCNC(C)Cc1cccs1. The largest absolute Gasteiger partial charge is 0.314 e. The molecule has 0 radical (unpaired) electrons. The maximum atomic E-state index is 3.51. The average molecular weight is 209 g/mol. The van der Waals surface area contributed by atoms with E-state index in [-0.39, 0.29) is 0 Å². The summed E-state index contributed by atoms with van der Waals surface area (Å²) in [5, 5.41) is 5.65. The average Bonchev–Trinajstić information content (AvgIpc) is 2.65. The maximum absolute atomic E-state index is 3.51. The Hall–Kier alpha value is -0.600. The highest BCUT2D eigenvalue weighted by molar-refractivity contribution is 7.09. The van der Waals surface area contributed by atoms with Crippen molar-refractivity contribution in [3.63, 3.8) is 0 Å². The minimum atomic E-state index is 0.582. The van der Waals surface area contributed by atoms with Gasteiger partial charge in [0.2, 0.25) is 0 Å². The second-order valence-corrected chi connectivity index (χ2v) is 4.53. The molecule has 0 aromatic carbocycles. The highest BCUT2D eigenvalue weighted by Gasteiger charge is 2.02. The van der Waals surface area contributed by atoms with E-state index in [0.29, 0.717) is 6.04 Å². The predicted molar refractivity (Wildman–Crippen MR) is 64.9 cm³/mol. The van der Waals surface area contributed by atoms with Crippen molar-refractivity contribution >= 4 is 11.3 Å². The van der Waals surface area contributed by atoms with Gasteiger partial charge in [-0.2, -0.15) is 0 Å². The maximum Gasteiger partial charge on any atom is 0.00871 e. The van der Waals surface area contributed by atoms with Crippen LogP contribution in [0, 0.1) is 0 Å². The minimum Gasteiger partial charge on any atom is -0.314 e. The fraction of sp³-hybridized carbons (Fsp3) is 0.500. The summed E-state index contributed by atoms with van der Waals surface area (Å²) >= 11 is 1.84. The molecule has 0 fully saturated rings. The van der Waals surface area contributed by atoms with Gasteiger partial charge < -0.3 is 5.32 Å². The molecule has 78 valence electrons. The first-order valence-corrected chi connectivity index (χ1v) is 6.08. The van der Waals surface area contributed by atoms with Crippen LogP contribution in [0.5, 0.6) is 0 Å². The monoisotopic (exact) mass is 209 g/mol. The minimum absolute atomic E-state index is 0.582.